The highest BCUT2D eigenvalue weighted by Crippen LogP contribution is 2.18. The van der Waals surface area contributed by atoms with Crippen LogP contribution in [0.5, 0.6) is 0 Å². The summed E-state index contributed by atoms with van der Waals surface area (Å²) in [5, 5.41) is 33.4. The predicted molar refractivity (Wildman–Crippen MR) is 73.3 cm³/mol. The molecular weight excluding hydrogens is 278 g/mol. The summed E-state index contributed by atoms with van der Waals surface area (Å²) in [7, 11) is 0. The topological polar surface area (TPSA) is 122 Å². The van der Waals surface area contributed by atoms with Crippen LogP contribution in [0.3, 0.4) is 0 Å². The standard InChI is InChI=1S/C13H23N3O5/c17-7-8-5-16(6-10(18)11(8)19)4-2-1-3-9-12(20)15-13(21)14-9/h8-11,17-19H,1-7H2,(H2,14,15,20,21)/t8-,9?,10-,11-/m0/s1. The van der Waals surface area contributed by atoms with Crippen molar-refractivity contribution >= 4 is 11.9 Å². The van der Waals surface area contributed by atoms with Crippen molar-refractivity contribution < 1.29 is 24.9 Å². The molecule has 2 heterocycles. The number of aliphatic hydroxyl groups excluding tert-OH is 3. The third-order valence-electron chi connectivity index (χ3n) is 4.13. The maximum atomic E-state index is 11.3. The van der Waals surface area contributed by atoms with Gasteiger partial charge in [-0.2, -0.15) is 0 Å². The molecule has 1 unspecified atom stereocenters. The summed E-state index contributed by atoms with van der Waals surface area (Å²) in [4.78, 5) is 24.3. The normalized spacial score (nSPS) is 33.9. The van der Waals surface area contributed by atoms with E-state index in [9.17, 15) is 24.9 Å². The molecule has 2 aliphatic rings. The lowest BCUT2D eigenvalue weighted by Crippen LogP contribution is -2.53. The van der Waals surface area contributed by atoms with E-state index in [1.807, 2.05) is 4.90 Å². The quantitative estimate of drug-likeness (QED) is 0.286. The Hall–Kier alpha value is -1.22. The molecule has 0 aromatic heterocycles. The lowest BCUT2D eigenvalue weighted by atomic mass is 9.93. The minimum atomic E-state index is -0.872. The first-order chi connectivity index (χ1) is 10.0. The molecule has 8 heteroatoms. The summed E-state index contributed by atoms with van der Waals surface area (Å²) >= 11 is 0. The molecule has 0 aromatic rings. The zero-order valence-electron chi connectivity index (χ0n) is 11.9. The van der Waals surface area contributed by atoms with Crippen molar-refractivity contribution in [3.8, 4) is 0 Å². The Morgan fingerprint density at radius 2 is 1.95 bits per heavy atom. The van der Waals surface area contributed by atoms with Crippen molar-refractivity contribution in [2.24, 2.45) is 5.92 Å². The van der Waals surface area contributed by atoms with Gasteiger partial charge < -0.3 is 25.5 Å². The minimum Gasteiger partial charge on any atom is -0.396 e. The summed E-state index contributed by atoms with van der Waals surface area (Å²) in [6, 6.07) is -0.889. The van der Waals surface area contributed by atoms with E-state index in [4.69, 9.17) is 0 Å². The molecule has 0 aromatic carbocycles. The fourth-order valence-electron chi connectivity index (χ4n) is 2.90. The average molecular weight is 301 g/mol. The minimum absolute atomic E-state index is 0.150. The monoisotopic (exact) mass is 301 g/mol. The molecule has 3 amide bonds. The summed E-state index contributed by atoms with van der Waals surface area (Å²) < 4.78 is 0. The Bertz CT molecular complexity index is 392. The summed E-state index contributed by atoms with van der Waals surface area (Å²) in [5.74, 6) is -0.606. The van der Waals surface area contributed by atoms with Gasteiger partial charge in [-0.1, -0.05) is 0 Å². The van der Waals surface area contributed by atoms with Crippen LogP contribution < -0.4 is 10.6 Å². The molecule has 2 fully saturated rings. The van der Waals surface area contributed by atoms with Crippen LogP contribution in [-0.4, -0.2) is 76.6 Å². The van der Waals surface area contributed by atoms with E-state index in [0.717, 1.165) is 19.4 Å². The van der Waals surface area contributed by atoms with Gasteiger partial charge in [0, 0.05) is 25.6 Å². The van der Waals surface area contributed by atoms with Crippen LogP contribution >= 0.6 is 0 Å². The fourth-order valence-corrected chi connectivity index (χ4v) is 2.90. The smallest absolute Gasteiger partial charge is 0.322 e. The molecule has 0 radical (unpaired) electrons. The molecule has 8 nitrogen and oxygen atoms in total. The van der Waals surface area contributed by atoms with Gasteiger partial charge >= 0.3 is 6.03 Å². The Balaban J connectivity index is 1.67. The SMILES string of the molecule is O=C1NC(=O)C(CCCCN2C[C@@H](CO)[C@H](O)[C@@H](O)C2)N1. The number of carbonyl (C=O) groups is 2. The van der Waals surface area contributed by atoms with Crippen LogP contribution in [-0.2, 0) is 4.79 Å². The highest BCUT2D eigenvalue weighted by atomic mass is 16.3. The van der Waals surface area contributed by atoms with Crippen molar-refractivity contribution in [3.05, 3.63) is 0 Å². The maximum absolute atomic E-state index is 11.3. The number of nitrogens with one attached hydrogen (secondary N) is 2. The molecule has 21 heavy (non-hydrogen) atoms. The van der Waals surface area contributed by atoms with Crippen molar-refractivity contribution in [1.29, 1.82) is 0 Å². The lowest BCUT2D eigenvalue weighted by Gasteiger charge is -2.38. The molecule has 2 aliphatic heterocycles. The van der Waals surface area contributed by atoms with E-state index in [-0.39, 0.29) is 18.4 Å². The van der Waals surface area contributed by atoms with Crippen LogP contribution in [0.15, 0.2) is 0 Å². The van der Waals surface area contributed by atoms with E-state index in [1.54, 1.807) is 0 Å². The average Bonchev–Trinajstić information content (AvgIpc) is 2.76. The first-order valence-electron chi connectivity index (χ1n) is 7.32. The van der Waals surface area contributed by atoms with Gasteiger partial charge in [0.15, 0.2) is 0 Å². The molecule has 2 rings (SSSR count). The van der Waals surface area contributed by atoms with Gasteiger partial charge in [-0.25, -0.2) is 4.79 Å². The number of β-amino-alcohol motifs (C(OH)–C–C–N with tert-alkyl or cyclic N) is 1. The van der Waals surface area contributed by atoms with E-state index in [1.165, 1.54) is 0 Å². The number of nitrogens with zero attached hydrogens (tertiary/aromatic N) is 1. The van der Waals surface area contributed by atoms with Gasteiger partial charge in [0.1, 0.15) is 6.04 Å². The molecule has 2 saturated heterocycles. The number of hydrogen-bond acceptors (Lipinski definition) is 6. The van der Waals surface area contributed by atoms with E-state index < -0.39 is 24.3 Å². The van der Waals surface area contributed by atoms with Crippen LogP contribution in [0.1, 0.15) is 19.3 Å². The zero-order chi connectivity index (χ0) is 15.4. The van der Waals surface area contributed by atoms with Crippen LogP contribution in [0.4, 0.5) is 4.79 Å². The molecule has 0 saturated carbocycles. The molecule has 0 bridgehead atoms. The Kier molecular flexibility index (Phi) is 5.51. The predicted octanol–water partition coefficient (Wildman–Crippen LogP) is -1.99. The highest BCUT2D eigenvalue weighted by Gasteiger charge is 2.34. The van der Waals surface area contributed by atoms with Crippen molar-refractivity contribution in [2.75, 3.05) is 26.2 Å². The van der Waals surface area contributed by atoms with Gasteiger partial charge in [-0.15, -0.1) is 0 Å². The number of urea groups is 1. The summed E-state index contributed by atoms with van der Waals surface area (Å²) in [6.07, 6.45) is 0.470. The van der Waals surface area contributed by atoms with Crippen LogP contribution in [0.2, 0.25) is 0 Å². The second-order valence-electron chi connectivity index (χ2n) is 5.77. The van der Waals surface area contributed by atoms with Crippen molar-refractivity contribution in [1.82, 2.24) is 15.5 Å². The summed E-state index contributed by atoms with van der Waals surface area (Å²) in [5.41, 5.74) is 0. The number of piperidine rings is 1. The third-order valence-corrected chi connectivity index (χ3v) is 4.13. The van der Waals surface area contributed by atoms with Crippen LogP contribution in [0.25, 0.3) is 0 Å². The number of rotatable bonds is 6. The van der Waals surface area contributed by atoms with Gasteiger partial charge in [-0.3, -0.25) is 10.1 Å². The van der Waals surface area contributed by atoms with Crippen molar-refractivity contribution in [2.45, 2.75) is 37.5 Å². The molecule has 0 spiro atoms. The van der Waals surface area contributed by atoms with Crippen LogP contribution in [0, 0.1) is 5.92 Å². The molecule has 4 atom stereocenters. The third kappa shape index (κ3) is 4.13. The number of imide groups is 1. The molecular formula is C13H23N3O5. The van der Waals surface area contributed by atoms with Gasteiger partial charge in [0.05, 0.1) is 12.2 Å². The van der Waals surface area contributed by atoms with E-state index in [0.29, 0.717) is 19.5 Å². The number of carbonyl (C=O) groups excluding carboxylic acids is 2. The molecule has 120 valence electrons. The van der Waals surface area contributed by atoms with Gasteiger partial charge in [0.25, 0.3) is 5.91 Å². The fraction of sp³-hybridized carbons (Fsp3) is 0.846. The van der Waals surface area contributed by atoms with Crippen molar-refractivity contribution in [3.63, 3.8) is 0 Å². The Labute approximate surface area is 123 Å². The maximum Gasteiger partial charge on any atom is 0.322 e. The largest absolute Gasteiger partial charge is 0.396 e. The Morgan fingerprint density at radius 1 is 1.19 bits per heavy atom. The zero-order valence-corrected chi connectivity index (χ0v) is 11.9. The molecule has 5 N–H and O–H groups in total. The first-order valence-corrected chi connectivity index (χ1v) is 7.32. The number of hydrogen-bond donors (Lipinski definition) is 5. The lowest BCUT2D eigenvalue weighted by molar-refractivity contribution is -0.120. The number of unbranched alkanes of at least 4 members (excludes halogenated alkanes) is 1. The highest BCUT2D eigenvalue weighted by molar-refractivity contribution is 6.04. The second-order valence-corrected chi connectivity index (χ2v) is 5.77. The van der Waals surface area contributed by atoms with Gasteiger partial charge in [-0.05, 0) is 25.8 Å². The summed E-state index contributed by atoms with van der Waals surface area (Å²) in [6.45, 7) is 1.51. The van der Waals surface area contributed by atoms with Gasteiger partial charge in [0.2, 0.25) is 0 Å². The van der Waals surface area contributed by atoms with E-state index in [2.05, 4.69) is 10.6 Å². The first kappa shape index (κ1) is 16.2. The Morgan fingerprint density at radius 3 is 2.57 bits per heavy atom. The number of likely N-dealkylation sites (tertiary alicyclic amines) is 1. The second kappa shape index (κ2) is 7.17. The number of amides is 3. The van der Waals surface area contributed by atoms with E-state index >= 15 is 0 Å². The number of aliphatic hydroxyl groups is 3. The molecule has 0 aliphatic carbocycles.